The van der Waals surface area contributed by atoms with Crippen LogP contribution in [0.3, 0.4) is 0 Å². The first-order valence-corrected chi connectivity index (χ1v) is 7.18. The predicted octanol–water partition coefficient (Wildman–Crippen LogP) is 3.66. The van der Waals surface area contributed by atoms with Crippen molar-refractivity contribution in [3.63, 3.8) is 0 Å². The Labute approximate surface area is 115 Å². The fourth-order valence-electron chi connectivity index (χ4n) is 3.13. The van der Waals surface area contributed by atoms with E-state index in [4.69, 9.17) is 4.74 Å². The summed E-state index contributed by atoms with van der Waals surface area (Å²) in [6.45, 7) is 9.06. The lowest BCUT2D eigenvalue weighted by atomic mass is 9.91. The minimum absolute atomic E-state index is 0.158. The van der Waals surface area contributed by atoms with Gasteiger partial charge in [-0.1, -0.05) is 6.92 Å². The molecule has 2 nitrogen and oxygen atoms in total. The Morgan fingerprint density at radius 1 is 1.32 bits per heavy atom. The number of halogens is 1. The normalized spacial score (nSPS) is 24.7. The molecule has 1 fully saturated rings. The molecule has 1 aliphatic heterocycles. The maximum Gasteiger partial charge on any atom is 0.123 e. The molecule has 0 aliphatic carbocycles. The molecule has 0 saturated carbocycles. The zero-order valence-electron chi connectivity index (χ0n) is 12.3. The lowest BCUT2D eigenvalue weighted by Gasteiger charge is -2.28. The summed E-state index contributed by atoms with van der Waals surface area (Å²) < 4.78 is 19.5. The van der Waals surface area contributed by atoms with E-state index in [2.05, 4.69) is 19.2 Å². The van der Waals surface area contributed by atoms with Gasteiger partial charge >= 0.3 is 0 Å². The monoisotopic (exact) mass is 265 g/mol. The smallest absolute Gasteiger partial charge is 0.123 e. The van der Waals surface area contributed by atoms with Crippen molar-refractivity contribution in [1.29, 1.82) is 0 Å². The van der Waals surface area contributed by atoms with Crippen LogP contribution < -0.4 is 5.32 Å². The molecule has 1 saturated heterocycles. The summed E-state index contributed by atoms with van der Waals surface area (Å²) in [5, 5.41) is 3.52. The molecular weight excluding hydrogens is 241 g/mol. The number of nitrogens with one attached hydrogen (secondary N) is 1. The highest BCUT2D eigenvalue weighted by atomic mass is 19.1. The van der Waals surface area contributed by atoms with E-state index in [9.17, 15) is 4.39 Å². The highest BCUT2D eigenvalue weighted by molar-refractivity contribution is 5.37. The highest BCUT2D eigenvalue weighted by Gasteiger charge is 2.31. The first-order chi connectivity index (χ1) is 9.02. The number of aryl methyl sites for hydroxylation is 2. The van der Waals surface area contributed by atoms with Crippen molar-refractivity contribution in [3.8, 4) is 0 Å². The third-order valence-electron chi connectivity index (χ3n) is 3.93. The van der Waals surface area contributed by atoms with E-state index in [0.717, 1.165) is 30.5 Å². The topological polar surface area (TPSA) is 21.3 Å². The SMILES string of the molecule is CCNC(c1c(C)cc(F)cc1C)C1CCC(C)O1. The number of hydrogen-bond donors (Lipinski definition) is 1. The summed E-state index contributed by atoms with van der Waals surface area (Å²) in [5.41, 5.74) is 3.21. The van der Waals surface area contributed by atoms with Gasteiger partial charge in [-0.15, -0.1) is 0 Å². The minimum atomic E-state index is -0.158. The average molecular weight is 265 g/mol. The van der Waals surface area contributed by atoms with E-state index >= 15 is 0 Å². The molecule has 0 bridgehead atoms. The quantitative estimate of drug-likeness (QED) is 0.897. The molecule has 1 N–H and O–H groups in total. The van der Waals surface area contributed by atoms with E-state index in [-0.39, 0.29) is 18.0 Å². The summed E-state index contributed by atoms with van der Waals surface area (Å²) in [5.74, 6) is -0.158. The van der Waals surface area contributed by atoms with Crippen LogP contribution in [0.1, 0.15) is 49.4 Å². The van der Waals surface area contributed by atoms with Crippen LogP contribution in [0.4, 0.5) is 4.39 Å². The summed E-state index contributed by atoms with van der Waals surface area (Å²) >= 11 is 0. The molecule has 2 rings (SSSR count). The van der Waals surface area contributed by atoms with Crippen molar-refractivity contribution in [2.24, 2.45) is 0 Å². The molecule has 1 heterocycles. The van der Waals surface area contributed by atoms with Crippen molar-refractivity contribution in [1.82, 2.24) is 5.32 Å². The van der Waals surface area contributed by atoms with Gasteiger partial charge in [-0.3, -0.25) is 0 Å². The molecular formula is C16H24FNO. The second kappa shape index (κ2) is 6.02. The van der Waals surface area contributed by atoms with Gasteiger partial charge < -0.3 is 10.1 Å². The Hall–Kier alpha value is -0.930. The third-order valence-corrected chi connectivity index (χ3v) is 3.93. The maximum absolute atomic E-state index is 13.4. The number of ether oxygens (including phenoxy) is 1. The average Bonchev–Trinajstić information content (AvgIpc) is 2.73. The lowest BCUT2D eigenvalue weighted by molar-refractivity contribution is 0.0316. The molecule has 0 radical (unpaired) electrons. The van der Waals surface area contributed by atoms with Crippen LogP contribution in [0.15, 0.2) is 12.1 Å². The summed E-state index contributed by atoms with van der Waals surface area (Å²) in [4.78, 5) is 0. The van der Waals surface area contributed by atoms with Gasteiger partial charge in [0.15, 0.2) is 0 Å². The zero-order chi connectivity index (χ0) is 14.0. The van der Waals surface area contributed by atoms with Crippen LogP contribution in [0.5, 0.6) is 0 Å². The molecule has 1 aromatic rings. The number of likely N-dealkylation sites (N-methyl/N-ethyl adjacent to an activating group) is 1. The van der Waals surface area contributed by atoms with Crippen LogP contribution in [0.25, 0.3) is 0 Å². The highest BCUT2D eigenvalue weighted by Crippen LogP contribution is 2.33. The fraction of sp³-hybridized carbons (Fsp3) is 0.625. The van der Waals surface area contributed by atoms with Crippen molar-refractivity contribution in [2.75, 3.05) is 6.54 Å². The van der Waals surface area contributed by atoms with E-state index in [1.807, 2.05) is 13.8 Å². The summed E-state index contributed by atoms with van der Waals surface area (Å²) in [6, 6.07) is 3.39. The number of benzene rings is 1. The van der Waals surface area contributed by atoms with Gasteiger partial charge in [0.1, 0.15) is 5.82 Å². The van der Waals surface area contributed by atoms with Gasteiger partial charge in [0.25, 0.3) is 0 Å². The van der Waals surface area contributed by atoms with Crippen molar-refractivity contribution < 1.29 is 9.13 Å². The molecule has 3 atom stereocenters. The second-order valence-electron chi connectivity index (χ2n) is 5.55. The molecule has 1 aromatic carbocycles. The Balaban J connectivity index is 2.33. The van der Waals surface area contributed by atoms with Crippen LogP contribution in [-0.2, 0) is 4.74 Å². The van der Waals surface area contributed by atoms with Crippen LogP contribution >= 0.6 is 0 Å². The molecule has 3 unspecified atom stereocenters. The molecule has 3 heteroatoms. The molecule has 106 valence electrons. The van der Waals surface area contributed by atoms with Gasteiger partial charge in [0.2, 0.25) is 0 Å². The molecule has 0 spiro atoms. The predicted molar refractivity (Wildman–Crippen MR) is 75.9 cm³/mol. The Morgan fingerprint density at radius 2 is 1.95 bits per heavy atom. The Kier molecular flexibility index (Phi) is 4.58. The van der Waals surface area contributed by atoms with Gasteiger partial charge in [-0.2, -0.15) is 0 Å². The Bertz CT molecular complexity index is 423. The lowest BCUT2D eigenvalue weighted by Crippen LogP contribution is -2.33. The minimum Gasteiger partial charge on any atom is -0.373 e. The third kappa shape index (κ3) is 3.15. The standard InChI is InChI=1S/C16H24FNO/c1-5-18-16(14-7-6-12(4)19-14)15-10(2)8-13(17)9-11(15)3/h8-9,12,14,16,18H,5-7H2,1-4H3. The van der Waals surface area contributed by atoms with Crippen LogP contribution in [0, 0.1) is 19.7 Å². The number of rotatable bonds is 4. The summed E-state index contributed by atoms with van der Waals surface area (Å²) in [6.07, 6.45) is 2.69. The van der Waals surface area contributed by atoms with Crippen molar-refractivity contribution in [3.05, 3.63) is 34.6 Å². The Morgan fingerprint density at radius 3 is 2.42 bits per heavy atom. The van der Waals surface area contributed by atoms with Crippen molar-refractivity contribution >= 4 is 0 Å². The first-order valence-electron chi connectivity index (χ1n) is 7.18. The van der Waals surface area contributed by atoms with Crippen LogP contribution in [0.2, 0.25) is 0 Å². The van der Waals surface area contributed by atoms with Gasteiger partial charge in [-0.25, -0.2) is 4.39 Å². The van der Waals surface area contributed by atoms with E-state index in [0.29, 0.717) is 6.10 Å². The fourth-order valence-corrected chi connectivity index (χ4v) is 3.13. The largest absolute Gasteiger partial charge is 0.373 e. The second-order valence-corrected chi connectivity index (χ2v) is 5.55. The van der Waals surface area contributed by atoms with Gasteiger partial charge in [-0.05, 0) is 69.0 Å². The number of hydrogen-bond acceptors (Lipinski definition) is 2. The molecule has 1 aliphatic rings. The molecule has 0 aromatic heterocycles. The van der Waals surface area contributed by atoms with Gasteiger partial charge in [0, 0.05) is 0 Å². The first kappa shape index (κ1) is 14.5. The van der Waals surface area contributed by atoms with E-state index in [1.54, 1.807) is 12.1 Å². The van der Waals surface area contributed by atoms with Crippen molar-refractivity contribution in [2.45, 2.75) is 58.8 Å². The molecule has 0 amide bonds. The summed E-state index contributed by atoms with van der Waals surface area (Å²) in [7, 11) is 0. The van der Waals surface area contributed by atoms with Crippen LogP contribution in [-0.4, -0.2) is 18.8 Å². The van der Waals surface area contributed by atoms with E-state index < -0.39 is 0 Å². The van der Waals surface area contributed by atoms with Gasteiger partial charge in [0.05, 0.1) is 18.2 Å². The maximum atomic E-state index is 13.4. The zero-order valence-corrected chi connectivity index (χ0v) is 12.3. The molecule has 19 heavy (non-hydrogen) atoms. The van der Waals surface area contributed by atoms with E-state index in [1.165, 1.54) is 5.56 Å².